The van der Waals surface area contributed by atoms with Gasteiger partial charge in [-0.05, 0) is 95.1 Å². The summed E-state index contributed by atoms with van der Waals surface area (Å²) in [4.78, 5) is 4.78. The van der Waals surface area contributed by atoms with Gasteiger partial charge in [-0.2, -0.15) is 0 Å². The van der Waals surface area contributed by atoms with Crippen LogP contribution in [-0.2, 0) is 0 Å². The zero-order chi connectivity index (χ0) is 37.7. The minimum Gasteiger partial charge on any atom is -0.311 e. The van der Waals surface area contributed by atoms with Crippen molar-refractivity contribution >= 4 is 55.9 Å². The molecule has 11 rings (SSSR count). The van der Waals surface area contributed by atoms with Crippen LogP contribution in [-0.4, -0.2) is 4.57 Å². The van der Waals surface area contributed by atoms with Crippen molar-refractivity contribution in [3.8, 4) is 39.1 Å². The van der Waals surface area contributed by atoms with Gasteiger partial charge < -0.3 is 14.4 Å². The number of para-hydroxylation sites is 5. The highest BCUT2D eigenvalue weighted by molar-refractivity contribution is 6.19. The number of anilines is 6. The van der Waals surface area contributed by atoms with Crippen LogP contribution in [0.5, 0.6) is 0 Å². The van der Waals surface area contributed by atoms with Gasteiger partial charge in [0.25, 0.3) is 0 Å². The highest BCUT2D eigenvalue weighted by atomic mass is 15.2. The third-order valence-corrected chi connectivity index (χ3v) is 11.3. The van der Waals surface area contributed by atoms with E-state index in [1.807, 2.05) is 0 Å². The van der Waals surface area contributed by atoms with Crippen LogP contribution in [0.15, 0.2) is 224 Å². The first-order valence-corrected chi connectivity index (χ1v) is 19.5. The molecule has 1 aromatic heterocycles. The number of rotatable bonds is 6. The summed E-state index contributed by atoms with van der Waals surface area (Å²) < 4.78 is 2.47. The molecule has 0 atom stereocenters. The van der Waals surface area contributed by atoms with Crippen LogP contribution < -0.4 is 9.80 Å². The van der Waals surface area contributed by atoms with Gasteiger partial charge in [0.1, 0.15) is 0 Å². The molecule has 0 bridgehead atoms. The first-order valence-electron chi connectivity index (χ1n) is 19.5. The lowest BCUT2D eigenvalue weighted by atomic mass is 9.94. The Morgan fingerprint density at radius 1 is 0.316 bits per heavy atom. The topological polar surface area (TPSA) is 11.4 Å². The Morgan fingerprint density at radius 2 is 0.825 bits per heavy atom. The van der Waals surface area contributed by atoms with E-state index in [2.05, 4.69) is 239 Å². The molecular weight excluding hydrogens is 691 g/mol. The molecule has 0 fully saturated rings. The highest BCUT2D eigenvalue weighted by Gasteiger charge is 2.30. The van der Waals surface area contributed by atoms with E-state index in [-0.39, 0.29) is 0 Å². The molecule has 3 nitrogen and oxygen atoms in total. The quantitative estimate of drug-likeness (QED) is 0.169. The highest BCUT2D eigenvalue weighted by Crippen LogP contribution is 2.54. The predicted octanol–water partition coefficient (Wildman–Crippen LogP) is 15.0. The summed E-state index contributed by atoms with van der Waals surface area (Å²) in [6.07, 6.45) is 0. The van der Waals surface area contributed by atoms with Crippen LogP contribution in [0.1, 0.15) is 0 Å². The number of nitrogens with zero attached hydrogens (tertiary/aromatic N) is 3. The van der Waals surface area contributed by atoms with Gasteiger partial charge in [0, 0.05) is 50.3 Å². The molecule has 0 aliphatic carbocycles. The molecule has 1 aliphatic rings. The number of hydrogen-bond donors (Lipinski definition) is 0. The van der Waals surface area contributed by atoms with Crippen LogP contribution in [0.4, 0.5) is 34.1 Å². The van der Waals surface area contributed by atoms with Gasteiger partial charge >= 0.3 is 0 Å². The predicted molar refractivity (Wildman–Crippen MR) is 240 cm³/mol. The van der Waals surface area contributed by atoms with E-state index < -0.39 is 0 Å². The van der Waals surface area contributed by atoms with Crippen LogP contribution in [0, 0.1) is 0 Å². The summed E-state index contributed by atoms with van der Waals surface area (Å²) in [6.45, 7) is 0. The largest absolute Gasteiger partial charge is 0.311 e. The Bertz CT molecular complexity index is 3000. The molecule has 0 spiro atoms. The average molecular weight is 728 g/mol. The Kier molecular flexibility index (Phi) is 7.82. The van der Waals surface area contributed by atoms with Crippen LogP contribution in [0.3, 0.4) is 0 Å². The molecular formula is C54H37N3. The fraction of sp³-hybridized carbons (Fsp3) is 0. The second kappa shape index (κ2) is 13.6. The van der Waals surface area contributed by atoms with Crippen LogP contribution in [0.25, 0.3) is 60.9 Å². The van der Waals surface area contributed by atoms with Gasteiger partial charge in [-0.25, -0.2) is 0 Å². The summed E-state index contributed by atoms with van der Waals surface area (Å²) in [5, 5.41) is 2.46. The summed E-state index contributed by atoms with van der Waals surface area (Å²) in [5.74, 6) is 0. The lowest BCUT2D eigenvalue weighted by molar-refractivity contribution is 1.17. The smallest absolute Gasteiger partial charge is 0.0788 e. The summed E-state index contributed by atoms with van der Waals surface area (Å²) in [7, 11) is 0. The van der Waals surface area contributed by atoms with Gasteiger partial charge in [0.2, 0.25) is 0 Å². The molecule has 0 N–H and O–H groups in total. The van der Waals surface area contributed by atoms with E-state index in [0.717, 1.165) is 34.1 Å². The van der Waals surface area contributed by atoms with E-state index in [1.54, 1.807) is 0 Å². The van der Waals surface area contributed by atoms with Crippen molar-refractivity contribution in [3.05, 3.63) is 224 Å². The first kappa shape index (κ1) is 32.8. The van der Waals surface area contributed by atoms with Crippen molar-refractivity contribution < 1.29 is 0 Å². The number of fused-ring (bicyclic) bond motifs is 9. The SMILES string of the molecule is c1ccc(N(c2ccccc2)c2ccc(-c3ccc(-n4c5ccccc5c5ccc6c(c54)N(c4ccccc4)c4ccccc4-c4ccccc4-6)cc3)cc2)cc1. The first-order chi connectivity index (χ1) is 28.3. The minimum atomic E-state index is 1.12. The fourth-order valence-corrected chi connectivity index (χ4v) is 8.77. The van der Waals surface area contributed by atoms with Crippen molar-refractivity contribution in [1.29, 1.82) is 0 Å². The van der Waals surface area contributed by atoms with E-state index in [9.17, 15) is 0 Å². The van der Waals surface area contributed by atoms with Gasteiger partial charge in [0.15, 0.2) is 0 Å². The maximum Gasteiger partial charge on any atom is 0.0788 e. The van der Waals surface area contributed by atoms with Crippen molar-refractivity contribution in [2.75, 3.05) is 9.80 Å². The zero-order valence-corrected chi connectivity index (χ0v) is 31.2. The molecule has 0 saturated heterocycles. The van der Waals surface area contributed by atoms with Gasteiger partial charge in [-0.3, -0.25) is 0 Å². The van der Waals surface area contributed by atoms with Gasteiger partial charge in [-0.1, -0.05) is 152 Å². The van der Waals surface area contributed by atoms with E-state index in [4.69, 9.17) is 0 Å². The Hall–Kier alpha value is -7.62. The van der Waals surface area contributed by atoms with Crippen molar-refractivity contribution in [2.45, 2.75) is 0 Å². The molecule has 3 heteroatoms. The van der Waals surface area contributed by atoms with Gasteiger partial charge in [0.05, 0.1) is 22.4 Å². The van der Waals surface area contributed by atoms with Crippen molar-refractivity contribution in [2.24, 2.45) is 0 Å². The number of aromatic nitrogens is 1. The lowest BCUT2D eigenvalue weighted by Crippen LogP contribution is -2.12. The lowest BCUT2D eigenvalue weighted by Gasteiger charge is -2.28. The third kappa shape index (κ3) is 5.43. The van der Waals surface area contributed by atoms with E-state index >= 15 is 0 Å². The Balaban J connectivity index is 1.08. The van der Waals surface area contributed by atoms with Crippen LogP contribution >= 0.6 is 0 Å². The second-order valence-corrected chi connectivity index (χ2v) is 14.5. The summed E-state index contributed by atoms with van der Waals surface area (Å²) in [5.41, 5.74) is 17.6. The van der Waals surface area contributed by atoms with Crippen molar-refractivity contribution in [1.82, 2.24) is 4.57 Å². The standard InChI is InChI=1S/C54H37N3/c1-4-16-40(17-5-1)55(41-18-6-2-7-19-41)43-32-28-38(29-33-43)39-30-34-44(35-31-39)57-52-27-15-13-25-48(52)50-37-36-49-46-23-11-10-22-45(46)47-24-12-14-26-51(47)56(53(49)54(50)57)42-20-8-3-9-21-42/h1-37H. The Morgan fingerprint density at radius 3 is 1.49 bits per heavy atom. The summed E-state index contributed by atoms with van der Waals surface area (Å²) >= 11 is 0. The fourth-order valence-electron chi connectivity index (χ4n) is 8.77. The molecule has 2 heterocycles. The number of benzene rings is 9. The molecule has 0 radical (unpaired) electrons. The third-order valence-electron chi connectivity index (χ3n) is 11.3. The van der Waals surface area contributed by atoms with Gasteiger partial charge in [-0.15, -0.1) is 0 Å². The van der Waals surface area contributed by atoms with Crippen molar-refractivity contribution in [3.63, 3.8) is 0 Å². The molecule has 0 unspecified atom stereocenters. The average Bonchev–Trinajstić information content (AvgIpc) is 3.56. The molecule has 0 amide bonds. The molecule has 9 aromatic carbocycles. The van der Waals surface area contributed by atoms with Crippen LogP contribution in [0.2, 0.25) is 0 Å². The summed E-state index contributed by atoms with van der Waals surface area (Å²) in [6, 6.07) is 81.1. The van der Waals surface area contributed by atoms with E-state index in [0.29, 0.717) is 0 Å². The molecule has 0 saturated carbocycles. The maximum absolute atomic E-state index is 2.48. The van der Waals surface area contributed by atoms with E-state index in [1.165, 1.54) is 60.9 Å². The minimum absolute atomic E-state index is 1.12. The molecule has 10 aromatic rings. The Labute approximate surface area is 332 Å². The monoisotopic (exact) mass is 727 g/mol. The second-order valence-electron chi connectivity index (χ2n) is 14.5. The molecule has 268 valence electrons. The number of hydrogen-bond acceptors (Lipinski definition) is 2. The normalized spacial score (nSPS) is 11.8. The molecule has 1 aliphatic heterocycles. The maximum atomic E-state index is 2.48. The zero-order valence-electron chi connectivity index (χ0n) is 31.2. The molecule has 57 heavy (non-hydrogen) atoms.